The van der Waals surface area contributed by atoms with Crippen LogP contribution in [0.3, 0.4) is 0 Å². The summed E-state index contributed by atoms with van der Waals surface area (Å²) in [6.45, 7) is 5.18. The highest BCUT2D eigenvalue weighted by molar-refractivity contribution is 5.95. The summed E-state index contributed by atoms with van der Waals surface area (Å²) in [5, 5.41) is 0. The van der Waals surface area contributed by atoms with Gasteiger partial charge in [-0.25, -0.2) is 0 Å². The third-order valence-electron chi connectivity index (χ3n) is 4.62. The fourth-order valence-electron chi connectivity index (χ4n) is 3.18. The van der Waals surface area contributed by atoms with E-state index < -0.39 is 0 Å². The van der Waals surface area contributed by atoms with Crippen LogP contribution in [0.1, 0.15) is 15.9 Å². The van der Waals surface area contributed by atoms with E-state index in [1.54, 1.807) is 32.4 Å². The molecule has 25 heavy (non-hydrogen) atoms. The van der Waals surface area contributed by atoms with Crippen molar-refractivity contribution < 1.29 is 14.3 Å². The average Bonchev–Trinajstić information content (AvgIpc) is 2.67. The molecule has 0 spiro atoms. The van der Waals surface area contributed by atoms with Crippen LogP contribution in [0.4, 0.5) is 5.69 Å². The zero-order valence-electron chi connectivity index (χ0n) is 15.0. The van der Waals surface area contributed by atoms with Crippen molar-refractivity contribution in [1.82, 2.24) is 4.90 Å². The molecule has 1 saturated heterocycles. The molecule has 5 heteroatoms. The van der Waals surface area contributed by atoms with Crippen molar-refractivity contribution in [3.63, 3.8) is 0 Å². The van der Waals surface area contributed by atoms with Crippen LogP contribution >= 0.6 is 0 Å². The second-order valence-corrected chi connectivity index (χ2v) is 6.17. The van der Waals surface area contributed by atoms with Crippen LogP contribution in [-0.4, -0.2) is 51.2 Å². The van der Waals surface area contributed by atoms with Crippen LogP contribution < -0.4 is 14.4 Å². The lowest BCUT2D eigenvalue weighted by molar-refractivity contribution is 0.0746. The average molecular weight is 340 g/mol. The lowest BCUT2D eigenvalue weighted by Gasteiger charge is -2.36. The Balaban J connectivity index is 1.71. The number of para-hydroxylation sites is 1. The Morgan fingerprint density at radius 3 is 2.08 bits per heavy atom. The van der Waals surface area contributed by atoms with E-state index in [0.717, 1.165) is 13.1 Å². The van der Waals surface area contributed by atoms with Gasteiger partial charge in [-0.05, 0) is 30.7 Å². The van der Waals surface area contributed by atoms with Gasteiger partial charge in [0.1, 0.15) is 11.5 Å². The molecule has 1 heterocycles. The summed E-state index contributed by atoms with van der Waals surface area (Å²) >= 11 is 0. The van der Waals surface area contributed by atoms with Gasteiger partial charge < -0.3 is 19.3 Å². The molecular weight excluding hydrogens is 316 g/mol. The number of hydrogen-bond acceptors (Lipinski definition) is 4. The number of methoxy groups -OCH3 is 2. The summed E-state index contributed by atoms with van der Waals surface area (Å²) in [4.78, 5) is 17.1. The number of piperazine rings is 1. The number of carbonyl (C=O) groups excluding carboxylic acids is 1. The third-order valence-corrected chi connectivity index (χ3v) is 4.62. The number of carbonyl (C=O) groups is 1. The van der Waals surface area contributed by atoms with Crippen molar-refractivity contribution in [2.24, 2.45) is 0 Å². The molecule has 0 aliphatic carbocycles. The molecule has 1 fully saturated rings. The maximum Gasteiger partial charge on any atom is 0.254 e. The minimum Gasteiger partial charge on any atom is -0.497 e. The summed E-state index contributed by atoms with van der Waals surface area (Å²) in [5.41, 5.74) is 3.11. The highest BCUT2D eigenvalue weighted by atomic mass is 16.5. The van der Waals surface area contributed by atoms with Crippen molar-refractivity contribution in [3.05, 3.63) is 53.6 Å². The van der Waals surface area contributed by atoms with Gasteiger partial charge in [0, 0.05) is 43.5 Å². The highest BCUT2D eigenvalue weighted by Crippen LogP contribution is 2.25. The number of nitrogens with zero attached hydrogens (tertiary/aromatic N) is 2. The first-order valence-corrected chi connectivity index (χ1v) is 8.45. The normalized spacial score (nSPS) is 14.4. The molecule has 1 amide bonds. The Bertz CT molecular complexity index is 730. The van der Waals surface area contributed by atoms with Crippen molar-refractivity contribution in [2.45, 2.75) is 6.92 Å². The Morgan fingerprint density at radius 2 is 1.52 bits per heavy atom. The zero-order valence-corrected chi connectivity index (χ0v) is 15.0. The van der Waals surface area contributed by atoms with Gasteiger partial charge in [-0.2, -0.15) is 0 Å². The summed E-state index contributed by atoms with van der Waals surface area (Å²) in [6, 6.07) is 13.7. The number of anilines is 1. The van der Waals surface area contributed by atoms with Crippen LogP contribution in [0, 0.1) is 6.92 Å². The molecule has 0 unspecified atom stereocenters. The van der Waals surface area contributed by atoms with Gasteiger partial charge in [0.15, 0.2) is 0 Å². The van der Waals surface area contributed by atoms with Crippen LogP contribution in [-0.2, 0) is 0 Å². The molecule has 0 bridgehead atoms. The molecular formula is C20H24N2O3. The minimum atomic E-state index is 0.0154. The monoisotopic (exact) mass is 340 g/mol. The molecule has 5 nitrogen and oxygen atoms in total. The van der Waals surface area contributed by atoms with Crippen LogP contribution in [0.2, 0.25) is 0 Å². The fraction of sp³-hybridized carbons (Fsp3) is 0.350. The minimum absolute atomic E-state index is 0.0154. The summed E-state index contributed by atoms with van der Waals surface area (Å²) < 4.78 is 10.5. The standard InChI is InChI=1S/C20H24N2O3/c1-15-6-4-5-7-19(15)21-8-10-22(11-9-21)20(23)16-12-17(24-2)14-18(13-16)25-3/h4-7,12-14H,8-11H2,1-3H3. The quantitative estimate of drug-likeness (QED) is 0.858. The van der Waals surface area contributed by atoms with Crippen molar-refractivity contribution in [3.8, 4) is 11.5 Å². The van der Waals surface area contributed by atoms with E-state index in [9.17, 15) is 4.79 Å². The van der Waals surface area contributed by atoms with Gasteiger partial charge in [-0.1, -0.05) is 18.2 Å². The number of hydrogen-bond donors (Lipinski definition) is 0. The maximum atomic E-state index is 12.8. The first kappa shape index (κ1) is 17.1. The molecule has 0 saturated carbocycles. The smallest absolute Gasteiger partial charge is 0.254 e. The highest BCUT2D eigenvalue weighted by Gasteiger charge is 2.23. The van der Waals surface area contributed by atoms with Crippen LogP contribution in [0.25, 0.3) is 0 Å². The number of ether oxygens (including phenoxy) is 2. The molecule has 3 rings (SSSR count). The van der Waals surface area contributed by atoms with Gasteiger partial charge in [-0.3, -0.25) is 4.79 Å². The van der Waals surface area contributed by atoms with Crippen molar-refractivity contribution in [1.29, 1.82) is 0 Å². The maximum absolute atomic E-state index is 12.8. The summed E-state index contributed by atoms with van der Waals surface area (Å²) in [6.07, 6.45) is 0. The number of rotatable bonds is 4. The van der Waals surface area contributed by atoms with Gasteiger partial charge in [0.2, 0.25) is 0 Å². The number of aryl methyl sites for hydroxylation is 1. The summed E-state index contributed by atoms with van der Waals surface area (Å²) in [7, 11) is 3.17. The molecule has 1 aliphatic rings. The molecule has 132 valence electrons. The Hall–Kier alpha value is -2.69. The fourth-order valence-corrected chi connectivity index (χ4v) is 3.18. The molecule has 0 radical (unpaired) electrons. The second-order valence-electron chi connectivity index (χ2n) is 6.17. The first-order chi connectivity index (χ1) is 12.1. The predicted molar refractivity (Wildman–Crippen MR) is 98.8 cm³/mol. The zero-order chi connectivity index (χ0) is 17.8. The number of amides is 1. The van der Waals surface area contributed by atoms with Crippen LogP contribution in [0.5, 0.6) is 11.5 Å². The Kier molecular flexibility index (Phi) is 5.12. The van der Waals surface area contributed by atoms with Gasteiger partial charge in [0.25, 0.3) is 5.91 Å². The van der Waals surface area contributed by atoms with E-state index in [-0.39, 0.29) is 5.91 Å². The van der Waals surface area contributed by atoms with Crippen molar-refractivity contribution >= 4 is 11.6 Å². The van der Waals surface area contributed by atoms with E-state index in [0.29, 0.717) is 30.2 Å². The predicted octanol–water partition coefficient (Wildman–Crippen LogP) is 2.97. The molecule has 1 aliphatic heterocycles. The Morgan fingerprint density at radius 1 is 0.920 bits per heavy atom. The third kappa shape index (κ3) is 3.71. The van der Waals surface area contributed by atoms with E-state index in [1.165, 1.54) is 11.3 Å². The lowest BCUT2D eigenvalue weighted by Crippen LogP contribution is -2.49. The van der Waals surface area contributed by atoms with Crippen molar-refractivity contribution in [2.75, 3.05) is 45.3 Å². The number of benzene rings is 2. The van der Waals surface area contributed by atoms with E-state index in [2.05, 4.69) is 36.1 Å². The second kappa shape index (κ2) is 7.47. The van der Waals surface area contributed by atoms with E-state index in [1.807, 2.05) is 4.90 Å². The largest absolute Gasteiger partial charge is 0.497 e. The molecule has 2 aromatic rings. The lowest BCUT2D eigenvalue weighted by atomic mass is 10.1. The molecule has 0 atom stereocenters. The summed E-state index contributed by atoms with van der Waals surface area (Å²) in [5.74, 6) is 1.27. The van der Waals surface area contributed by atoms with Gasteiger partial charge in [0.05, 0.1) is 14.2 Å². The van der Waals surface area contributed by atoms with Gasteiger partial charge >= 0.3 is 0 Å². The molecule has 0 N–H and O–H groups in total. The van der Waals surface area contributed by atoms with Gasteiger partial charge in [-0.15, -0.1) is 0 Å². The Labute approximate surface area is 148 Å². The molecule has 2 aromatic carbocycles. The molecule has 0 aromatic heterocycles. The topological polar surface area (TPSA) is 42.0 Å². The SMILES string of the molecule is COc1cc(OC)cc(C(=O)N2CCN(c3ccccc3C)CC2)c1. The van der Waals surface area contributed by atoms with E-state index >= 15 is 0 Å². The first-order valence-electron chi connectivity index (χ1n) is 8.45. The van der Waals surface area contributed by atoms with Crippen LogP contribution in [0.15, 0.2) is 42.5 Å². The van der Waals surface area contributed by atoms with E-state index in [4.69, 9.17) is 9.47 Å².